The Hall–Kier alpha value is -3.18. The number of para-hydroxylation sites is 1. The Morgan fingerprint density at radius 3 is 2.46 bits per heavy atom. The van der Waals surface area contributed by atoms with E-state index in [1.54, 1.807) is 6.20 Å². The van der Waals surface area contributed by atoms with Gasteiger partial charge in [0.25, 0.3) is 0 Å². The monoisotopic (exact) mass is 733 g/mol. The van der Waals surface area contributed by atoms with Crippen LogP contribution in [0.2, 0.25) is 5.02 Å². The minimum Gasteiger partial charge on any atom is -0.490 e. The van der Waals surface area contributed by atoms with Gasteiger partial charge in [-0.1, -0.05) is 29.8 Å². The summed E-state index contributed by atoms with van der Waals surface area (Å²) >= 11 is 6.49. The molecule has 0 aliphatic heterocycles. The molecule has 1 amide bonds. The van der Waals surface area contributed by atoms with Crippen LogP contribution in [0.15, 0.2) is 65.8 Å². The number of nitrogens with one attached hydrogen (secondary N) is 2. The molecule has 13 nitrogen and oxygen atoms in total. The first kappa shape index (κ1) is 38.1. The molecular weight excluding hydrogens is 690 g/mol. The number of unbranched alkanes of at least 4 members (excludes halogenated alkanes) is 1. The Bertz CT molecular complexity index is 1720. The minimum absolute atomic E-state index is 0.0221. The zero-order valence-corrected chi connectivity index (χ0v) is 29.0. The second-order valence-electron chi connectivity index (χ2n) is 12.7. The number of amides is 1. The molecule has 0 spiro atoms. The van der Waals surface area contributed by atoms with E-state index in [1.807, 2.05) is 36.5 Å². The van der Waals surface area contributed by atoms with Gasteiger partial charge in [-0.3, -0.25) is 9.78 Å². The topological polar surface area (TPSA) is 208 Å². The number of hydrogen-bond donors (Lipinski definition) is 7. The van der Waals surface area contributed by atoms with Crippen molar-refractivity contribution in [2.24, 2.45) is 0 Å². The van der Waals surface area contributed by atoms with Crippen LogP contribution in [0.4, 0.5) is 0 Å². The Labute approximate surface area is 296 Å². The van der Waals surface area contributed by atoms with Crippen LogP contribution in [-0.2, 0) is 31.8 Å². The summed E-state index contributed by atoms with van der Waals surface area (Å²) in [4.78, 5) is 16.5. The molecule has 2 aliphatic carbocycles. The number of sulfonamides is 1. The molecule has 272 valence electrons. The summed E-state index contributed by atoms with van der Waals surface area (Å²) in [5, 5.41) is 50.4. The molecule has 50 heavy (non-hydrogen) atoms. The summed E-state index contributed by atoms with van der Waals surface area (Å²) in [6.07, 6.45) is 1.34. The maximum Gasteiger partial charge on any atom is 0.240 e. The quantitative estimate of drug-likeness (QED) is 0.0838. The molecule has 2 saturated carbocycles. The second-order valence-corrected chi connectivity index (χ2v) is 14.9. The third kappa shape index (κ3) is 9.78. The molecule has 4 atom stereocenters. The predicted molar refractivity (Wildman–Crippen MR) is 184 cm³/mol. The first-order valence-corrected chi connectivity index (χ1v) is 18.5. The van der Waals surface area contributed by atoms with E-state index >= 15 is 0 Å². The highest BCUT2D eigenvalue weighted by Crippen LogP contribution is 2.53. The summed E-state index contributed by atoms with van der Waals surface area (Å²) in [7, 11) is -3.90. The van der Waals surface area contributed by atoms with Crippen LogP contribution in [0.25, 0.3) is 11.1 Å². The van der Waals surface area contributed by atoms with Crippen molar-refractivity contribution in [2.75, 3.05) is 19.7 Å². The van der Waals surface area contributed by atoms with E-state index in [-0.39, 0.29) is 30.6 Å². The number of aromatic nitrogens is 1. The van der Waals surface area contributed by atoms with Crippen LogP contribution in [0.3, 0.4) is 0 Å². The summed E-state index contributed by atoms with van der Waals surface area (Å²) in [6.45, 7) is -1.05. The zero-order chi connectivity index (χ0) is 35.9. The van der Waals surface area contributed by atoms with Crippen molar-refractivity contribution in [2.45, 2.75) is 92.6 Å². The number of carbonyl (C=O) groups excluding carboxylic acids is 1. The summed E-state index contributed by atoms with van der Waals surface area (Å²) in [5.74, 6) is 0.363. The van der Waals surface area contributed by atoms with Gasteiger partial charge in [0.05, 0.1) is 35.9 Å². The number of rotatable bonds is 20. The SMILES string of the molecule is O=C(CCCCNS(=O)(=O)c1ccc(Cl)c(COC2(c3cnccc3-c3ccccc3OC3CC3)CC2)c1)NC[C@H](O)[C@@H](O)[C@H](O)[C@H](O)CO. The van der Waals surface area contributed by atoms with Gasteiger partial charge in [0.15, 0.2) is 0 Å². The van der Waals surface area contributed by atoms with Crippen molar-refractivity contribution in [3.63, 3.8) is 0 Å². The number of hydrogen-bond acceptors (Lipinski definition) is 11. The van der Waals surface area contributed by atoms with Gasteiger partial charge < -0.3 is 40.3 Å². The van der Waals surface area contributed by atoms with Crippen LogP contribution >= 0.6 is 11.6 Å². The van der Waals surface area contributed by atoms with Crippen LogP contribution < -0.4 is 14.8 Å². The van der Waals surface area contributed by atoms with Gasteiger partial charge in [-0.15, -0.1) is 0 Å². The van der Waals surface area contributed by atoms with E-state index in [4.69, 9.17) is 26.2 Å². The Kier molecular flexibility index (Phi) is 12.9. The molecule has 5 rings (SSSR count). The van der Waals surface area contributed by atoms with E-state index in [0.29, 0.717) is 23.4 Å². The number of aliphatic hydroxyl groups excluding tert-OH is 5. The molecule has 2 aliphatic rings. The molecular formula is C35H44ClN3O10S. The standard InChI is InChI=1S/C35H44ClN3O10S/c36-28-11-10-24(50(46,47)39-15-4-3-7-32(43)38-19-29(41)33(44)34(45)30(42)20-40)17-22(28)21-48-35(13-14-35)27-18-37-16-12-25(27)26-5-1-2-6-31(26)49-23-8-9-23/h1-2,5-6,10-12,16-18,23,29-30,33-34,39-42,44-45H,3-4,7-9,13-15,19-21H2,(H,38,43)/t29-,30+,33+,34+/m0/s1. The summed E-state index contributed by atoms with van der Waals surface area (Å²) < 4.78 is 41.4. The minimum atomic E-state index is -3.90. The average Bonchev–Trinajstić information content (AvgIpc) is 4.07. The number of nitrogens with zero attached hydrogens (tertiary/aromatic N) is 1. The van der Waals surface area contributed by atoms with Gasteiger partial charge in [0.1, 0.15) is 24.1 Å². The summed E-state index contributed by atoms with van der Waals surface area (Å²) in [6, 6.07) is 14.3. The first-order valence-electron chi connectivity index (χ1n) is 16.7. The molecule has 0 saturated heterocycles. The van der Waals surface area contributed by atoms with Gasteiger partial charge in [-0.05, 0) is 80.0 Å². The van der Waals surface area contributed by atoms with E-state index < -0.39 is 59.1 Å². The van der Waals surface area contributed by atoms with Crippen molar-refractivity contribution >= 4 is 27.5 Å². The molecule has 3 aromatic rings. The number of carbonyl (C=O) groups is 1. The highest BCUT2D eigenvalue weighted by atomic mass is 35.5. The molecule has 0 unspecified atom stereocenters. The smallest absolute Gasteiger partial charge is 0.240 e. The van der Waals surface area contributed by atoms with Gasteiger partial charge in [0.2, 0.25) is 15.9 Å². The fourth-order valence-electron chi connectivity index (χ4n) is 5.49. The van der Waals surface area contributed by atoms with Crippen LogP contribution in [0.1, 0.15) is 56.1 Å². The maximum absolute atomic E-state index is 13.1. The van der Waals surface area contributed by atoms with Gasteiger partial charge in [0, 0.05) is 48.1 Å². The molecule has 1 heterocycles. The van der Waals surface area contributed by atoms with Crippen molar-refractivity contribution in [3.8, 4) is 16.9 Å². The Morgan fingerprint density at radius 2 is 1.74 bits per heavy atom. The third-order valence-corrected chi connectivity index (χ3v) is 10.6. The third-order valence-electron chi connectivity index (χ3n) is 8.80. The van der Waals surface area contributed by atoms with Crippen molar-refractivity contribution in [1.82, 2.24) is 15.0 Å². The van der Waals surface area contributed by atoms with Crippen LogP contribution in [-0.4, -0.2) is 95.1 Å². The van der Waals surface area contributed by atoms with Gasteiger partial charge in [-0.2, -0.15) is 0 Å². The largest absolute Gasteiger partial charge is 0.490 e. The maximum atomic E-state index is 13.1. The first-order chi connectivity index (χ1) is 23.9. The number of halogens is 1. The van der Waals surface area contributed by atoms with Crippen molar-refractivity contribution in [3.05, 3.63) is 77.1 Å². The fourth-order valence-corrected chi connectivity index (χ4v) is 6.79. The molecule has 0 bridgehead atoms. The van der Waals surface area contributed by atoms with Crippen molar-refractivity contribution < 1.29 is 48.2 Å². The van der Waals surface area contributed by atoms with Crippen LogP contribution in [0.5, 0.6) is 5.75 Å². The molecule has 1 aromatic heterocycles. The van der Waals surface area contributed by atoms with Gasteiger partial charge in [-0.25, -0.2) is 13.1 Å². The number of aliphatic hydroxyl groups is 5. The average molecular weight is 734 g/mol. The van der Waals surface area contributed by atoms with E-state index in [1.165, 1.54) is 18.2 Å². The normalized spacial score (nSPS) is 17.8. The lowest BCUT2D eigenvalue weighted by Gasteiger charge is -2.25. The molecule has 15 heteroatoms. The van der Waals surface area contributed by atoms with Crippen molar-refractivity contribution in [1.29, 1.82) is 0 Å². The zero-order valence-electron chi connectivity index (χ0n) is 27.4. The lowest BCUT2D eigenvalue weighted by Crippen LogP contribution is -2.49. The molecule has 7 N–H and O–H groups in total. The molecule has 0 radical (unpaired) electrons. The number of pyridine rings is 1. The van der Waals surface area contributed by atoms with E-state index in [0.717, 1.165) is 48.1 Å². The highest BCUT2D eigenvalue weighted by molar-refractivity contribution is 7.89. The Balaban J connectivity index is 1.12. The second kappa shape index (κ2) is 16.9. The lowest BCUT2D eigenvalue weighted by molar-refractivity contribution is -0.126. The van der Waals surface area contributed by atoms with Gasteiger partial charge >= 0.3 is 0 Å². The summed E-state index contributed by atoms with van der Waals surface area (Å²) in [5.41, 5.74) is 2.80. The van der Waals surface area contributed by atoms with E-state index in [9.17, 15) is 33.6 Å². The molecule has 2 aromatic carbocycles. The van der Waals surface area contributed by atoms with E-state index in [2.05, 4.69) is 15.0 Å². The number of ether oxygens (including phenoxy) is 2. The lowest BCUT2D eigenvalue weighted by atomic mass is 9.96. The fraction of sp³-hybridized carbons (Fsp3) is 0.486. The highest BCUT2D eigenvalue weighted by Gasteiger charge is 2.48. The Morgan fingerprint density at radius 1 is 1.00 bits per heavy atom. The predicted octanol–water partition coefficient (Wildman–Crippen LogP) is 2.15. The molecule has 2 fully saturated rings. The van der Waals surface area contributed by atoms with Crippen LogP contribution in [0, 0.1) is 0 Å². The number of benzene rings is 2.